The van der Waals surface area contributed by atoms with Crippen molar-refractivity contribution in [3.63, 3.8) is 0 Å². The molecule has 0 aromatic heterocycles. The van der Waals surface area contributed by atoms with Crippen molar-refractivity contribution in [1.82, 2.24) is 0 Å². The fourth-order valence-electron chi connectivity index (χ4n) is 1.73. The predicted molar refractivity (Wildman–Crippen MR) is 66.0 cm³/mol. The molecule has 0 spiro atoms. The van der Waals surface area contributed by atoms with Crippen molar-refractivity contribution in [3.05, 3.63) is 12.8 Å². The zero-order valence-electron chi connectivity index (χ0n) is 11.0. The molecule has 0 aliphatic carbocycles. The van der Waals surface area contributed by atoms with E-state index in [0.29, 0.717) is 10.8 Å². The van der Waals surface area contributed by atoms with Crippen LogP contribution in [0, 0.1) is 23.7 Å². The van der Waals surface area contributed by atoms with E-state index in [-0.39, 0.29) is 0 Å². The zero-order valence-corrected chi connectivity index (χ0v) is 11.0. The average Bonchev–Trinajstić information content (AvgIpc) is 2.04. The van der Waals surface area contributed by atoms with Crippen LogP contribution in [0.25, 0.3) is 0 Å². The standard InChI is InChI=1S/C14H28/c1-8-9-10-11-13(4,5)14(6,7)12(2)3/h1,8-11H2,2-7H3. The Kier molecular flexibility index (Phi) is 5.19. The topological polar surface area (TPSA) is 0 Å². The molecule has 0 rings (SSSR count). The molecule has 0 aliphatic heterocycles. The van der Waals surface area contributed by atoms with Crippen LogP contribution in [-0.4, -0.2) is 0 Å². The van der Waals surface area contributed by atoms with Crippen LogP contribution in [0.3, 0.4) is 0 Å². The molecular weight excluding hydrogens is 168 g/mol. The zero-order chi connectivity index (χ0) is 11.4. The molecule has 0 fully saturated rings. The lowest BCUT2D eigenvalue weighted by atomic mass is 9.60. The smallest absolute Gasteiger partial charge is 0.0241 e. The summed E-state index contributed by atoms with van der Waals surface area (Å²) in [6.07, 6.45) is 4.96. The number of hydrogen-bond donors (Lipinski definition) is 0. The Hall–Kier alpha value is 0. The molecule has 0 N–H and O–H groups in total. The van der Waals surface area contributed by atoms with Gasteiger partial charge in [-0.1, -0.05) is 67.7 Å². The van der Waals surface area contributed by atoms with Crippen LogP contribution in [0.5, 0.6) is 0 Å². The molecule has 14 heavy (non-hydrogen) atoms. The molecule has 0 heterocycles. The largest absolute Gasteiger partial charge is 0.0594 e. The summed E-state index contributed by atoms with van der Waals surface area (Å²) in [5, 5.41) is 0. The summed E-state index contributed by atoms with van der Waals surface area (Å²) < 4.78 is 0. The van der Waals surface area contributed by atoms with E-state index < -0.39 is 0 Å². The van der Waals surface area contributed by atoms with Gasteiger partial charge in [0.05, 0.1) is 0 Å². The Bertz CT molecular complexity index is 151. The lowest BCUT2D eigenvalue weighted by molar-refractivity contribution is 0.111. The molecule has 2 radical (unpaired) electrons. The van der Waals surface area contributed by atoms with E-state index in [1.807, 2.05) is 0 Å². The normalized spacial score (nSPS) is 13.7. The van der Waals surface area contributed by atoms with Crippen molar-refractivity contribution in [2.75, 3.05) is 0 Å². The summed E-state index contributed by atoms with van der Waals surface area (Å²) >= 11 is 0. The lowest BCUT2D eigenvalue weighted by Crippen LogP contribution is -2.35. The van der Waals surface area contributed by atoms with E-state index in [4.69, 9.17) is 0 Å². The molecule has 0 bridgehead atoms. The monoisotopic (exact) mass is 196 g/mol. The first-order valence-corrected chi connectivity index (χ1v) is 5.85. The van der Waals surface area contributed by atoms with Gasteiger partial charge in [-0.25, -0.2) is 0 Å². The third-order valence-electron chi connectivity index (χ3n) is 4.24. The van der Waals surface area contributed by atoms with E-state index in [9.17, 15) is 0 Å². The Morgan fingerprint density at radius 1 is 1.00 bits per heavy atom. The predicted octanol–water partition coefficient (Wildman–Crippen LogP) is 5.05. The van der Waals surface area contributed by atoms with E-state index in [2.05, 4.69) is 48.5 Å². The summed E-state index contributed by atoms with van der Waals surface area (Å²) in [4.78, 5) is 0. The summed E-state index contributed by atoms with van der Waals surface area (Å²) in [7, 11) is 0. The maximum atomic E-state index is 3.90. The molecule has 0 amide bonds. The third kappa shape index (κ3) is 3.29. The van der Waals surface area contributed by atoms with Crippen LogP contribution in [0.15, 0.2) is 0 Å². The second-order valence-electron chi connectivity index (χ2n) is 5.82. The van der Waals surface area contributed by atoms with E-state index in [0.717, 1.165) is 6.42 Å². The van der Waals surface area contributed by atoms with Crippen molar-refractivity contribution < 1.29 is 0 Å². The van der Waals surface area contributed by atoms with Gasteiger partial charge in [0.15, 0.2) is 0 Å². The van der Waals surface area contributed by atoms with Crippen LogP contribution >= 0.6 is 0 Å². The molecule has 0 saturated heterocycles. The molecule has 0 aromatic carbocycles. The maximum absolute atomic E-state index is 3.90. The molecule has 0 aromatic rings. The van der Waals surface area contributed by atoms with Crippen LogP contribution < -0.4 is 0 Å². The van der Waals surface area contributed by atoms with Crippen molar-refractivity contribution >= 4 is 0 Å². The molecule has 0 heteroatoms. The van der Waals surface area contributed by atoms with Crippen molar-refractivity contribution in [1.29, 1.82) is 0 Å². The van der Waals surface area contributed by atoms with Gasteiger partial charge in [0.1, 0.15) is 0 Å². The summed E-state index contributed by atoms with van der Waals surface area (Å²) in [6, 6.07) is 0. The van der Waals surface area contributed by atoms with Crippen LogP contribution in [0.2, 0.25) is 0 Å². The van der Waals surface area contributed by atoms with Crippen molar-refractivity contribution in [2.24, 2.45) is 10.8 Å². The highest BCUT2D eigenvalue weighted by Crippen LogP contribution is 2.48. The summed E-state index contributed by atoms with van der Waals surface area (Å²) in [5.74, 6) is 1.54. The number of hydrogen-bond acceptors (Lipinski definition) is 0. The SMILES string of the molecule is [CH2]CCCCC(C)(C)C(C)(C)[C](C)C. The fourth-order valence-corrected chi connectivity index (χ4v) is 1.73. The highest BCUT2D eigenvalue weighted by Gasteiger charge is 2.38. The van der Waals surface area contributed by atoms with Crippen LogP contribution in [-0.2, 0) is 0 Å². The van der Waals surface area contributed by atoms with Gasteiger partial charge in [-0.05, 0) is 23.2 Å². The first-order chi connectivity index (χ1) is 6.25. The van der Waals surface area contributed by atoms with E-state index >= 15 is 0 Å². The molecule has 84 valence electrons. The van der Waals surface area contributed by atoms with Crippen molar-refractivity contribution in [2.45, 2.75) is 67.2 Å². The molecular formula is C14H28. The van der Waals surface area contributed by atoms with Gasteiger partial charge < -0.3 is 0 Å². The first-order valence-electron chi connectivity index (χ1n) is 5.85. The summed E-state index contributed by atoms with van der Waals surface area (Å²) in [5.41, 5.74) is 0.745. The van der Waals surface area contributed by atoms with E-state index in [1.165, 1.54) is 25.2 Å². The van der Waals surface area contributed by atoms with Gasteiger partial charge in [0, 0.05) is 0 Å². The Morgan fingerprint density at radius 2 is 1.50 bits per heavy atom. The fraction of sp³-hybridized carbons (Fsp3) is 0.857. The summed E-state index contributed by atoms with van der Waals surface area (Å²) in [6.45, 7) is 17.9. The molecule has 0 aliphatic rings. The minimum absolute atomic E-state index is 0.341. The Labute approximate surface area is 91.5 Å². The molecule has 0 atom stereocenters. The van der Waals surface area contributed by atoms with Gasteiger partial charge in [0.2, 0.25) is 0 Å². The second kappa shape index (κ2) is 5.19. The first kappa shape index (κ1) is 14.0. The number of rotatable bonds is 6. The van der Waals surface area contributed by atoms with Crippen molar-refractivity contribution in [3.8, 4) is 0 Å². The second-order valence-corrected chi connectivity index (χ2v) is 5.82. The van der Waals surface area contributed by atoms with Crippen LogP contribution in [0.1, 0.15) is 67.2 Å². The molecule has 0 saturated carbocycles. The Morgan fingerprint density at radius 3 is 1.86 bits per heavy atom. The third-order valence-corrected chi connectivity index (χ3v) is 4.24. The minimum Gasteiger partial charge on any atom is -0.0594 e. The van der Waals surface area contributed by atoms with Gasteiger partial charge in [0.25, 0.3) is 0 Å². The average molecular weight is 196 g/mol. The quantitative estimate of drug-likeness (QED) is 0.522. The van der Waals surface area contributed by atoms with Gasteiger partial charge >= 0.3 is 0 Å². The maximum Gasteiger partial charge on any atom is -0.0241 e. The molecule has 0 unspecified atom stereocenters. The Balaban J connectivity index is 4.29. The van der Waals surface area contributed by atoms with Gasteiger partial charge in [-0.15, -0.1) is 0 Å². The minimum atomic E-state index is 0.341. The highest BCUT2D eigenvalue weighted by molar-refractivity contribution is 5.02. The van der Waals surface area contributed by atoms with Gasteiger partial charge in [-0.3, -0.25) is 0 Å². The molecule has 0 nitrogen and oxygen atoms in total. The van der Waals surface area contributed by atoms with Gasteiger partial charge in [-0.2, -0.15) is 0 Å². The lowest BCUT2D eigenvalue weighted by Gasteiger charge is -2.45. The highest BCUT2D eigenvalue weighted by atomic mass is 14.4. The van der Waals surface area contributed by atoms with Crippen LogP contribution in [0.4, 0.5) is 0 Å². The van der Waals surface area contributed by atoms with E-state index in [1.54, 1.807) is 0 Å². The number of unbranched alkanes of at least 4 members (excludes halogenated alkanes) is 2.